The summed E-state index contributed by atoms with van der Waals surface area (Å²) in [4.78, 5) is 21.9. The third kappa shape index (κ3) is 3.99. The van der Waals surface area contributed by atoms with Crippen LogP contribution in [0.15, 0.2) is 43.0 Å². The highest BCUT2D eigenvalue weighted by molar-refractivity contribution is 5.94. The first-order valence-electron chi connectivity index (χ1n) is 9.15. The number of amides is 1. The molecular formula is C20H22FN3O3. The maximum Gasteiger partial charge on any atom is 0.257 e. The molecule has 1 unspecified atom stereocenters. The Kier molecular flexibility index (Phi) is 5.13. The van der Waals surface area contributed by atoms with E-state index >= 15 is 0 Å². The molecule has 1 aromatic carbocycles. The Balaban J connectivity index is 1.19. The lowest BCUT2D eigenvalue weighted by Gasteiger charge is -2.47. The fourth-order valence-electron chi connectivity index (χ4n) is 3.78. The van der Waals surface area contributed by atoms with Crippen molar-refractivity contribution in [1.82, 2.24) is 14.9 Å². The molecule has 3 heterocycles. The number of hydrogen-bond acceptors (Lipinski definition) is 5. The third-order valence-electron chi connectivity index (χ3n) is 5.22. The lowest BCUT2D eigenvalue weighted by molar-refractivity contribution is -0.0950. The smallest absolute Gasteiger partial charge is 0.257 e. The van der Waals surface area contributed by atoms with Gasteiger partial charge in [0.15, 0.2) is 0 Å². The van der Waals surface area contributed by atoms with E-state index in [1.807, 2.05) is 6.07 Å². The van der Waals surface area contributed by atoms with E-state index in [1.165, 1.54) is 24.8 Å². The molecule has 2 aliphatic heterocycles. The summed E-state index contributed by atoms with van der Waals surface area (Å²) in [5.74, 6) is 0.119. The predicted octanol–water partition coefficient (Wildman–Crippen LogP) is 2.45. The normalized spacial score (nSPS) is 20.6. The van der Waals surface area contributed by atoms with Gasteiger partial charge in [-0.25, -0.2) is 14.4 Å². The van der Waals surface area contributed by atoms with Gasteiger partial charge in [-0.05, 0) is 24.8 Å². The summed E-state index contributed by atoms with van der Waals surface area (Å²) >= 11 is 0. The molecule has 142 valence electrons. The van der Waals surface area contributed by atoms with Crippen LogP contribution in [0.3, 0.4) is 0 Å². The van der Waals surface area contributed by atoms with E-state index in [9.17, 15) is 9.18 Å². The fourth-order valence-corrected chi connectivity index (χ4v) is 3.78. The van der Waals surface area contributed by atoms with Crippen LogP contribution in [0.25, 0.3) is 0 Å². The molecule has 0 aliphatic carbocycles. The average molecular weight is 371 g/mol. The Morgan fingerprint density at radius 1 is 1.30 bits per heavy atom. The molecule has 0 bridgehead atoms. The summed E-state index contributed by atoms with van der Waals surface area (Å²) in [6, 6.07) is 6.66. The molecule has 4 rings (SSSR count). The number of carbonyl (C=O) groups excluding carboxylic acids is 1. The van der Waals surface area contributed by atoms with Gasteiger partial charge in [0, 0.05) is 24.6 Å². The molecule has 1 amide bonds. The molecule has 1 spiro atoms. The summed E-state index contributed by atoms with van der Waals surface area (Å²) in [5.41, 5.74) is 0.861. The summed E-state index contributed by atoms with van der Waals surface area (Å²) in [6.45, 7) is 2.75. The van der Waals surface area contributed by atoms with E-state index in [-0.39, 0.29) is 23.9 Å². The second kappa shape index (κ2) is 7.70. The van der Waals surface area contributed by atoms with Crippen molar-refractivity contribution < 1.29 is 18.7 Å². The maximum absolute atomic E-state index is 13.6. The number of benzene rings is 1. The number of nitrogens with zero attached hydrogens (tertiary/aromatic N) is 3. The van der Waals surface area contributed by atoms with Crippen molar-refractivity contribution in [3.8, 4) is 0 Å². The van der Waals surface area contributed by atoms with Crippen molar-refractivity contribution in [2.45, 2.75) is 25.0 Å². The Hall–Kier alpha value is -2.38. The zero-order chi connectivity index (χ0) is 18.7. The SMILES string of the molecule is O=C(c1cncnc1)N1CC2(CC(CCOCc3ccccc3F)CO2)C1. The molecule has 1 atom stereocenters. The minimum absolute atomic E-state index is 0.0542. The Bertz CT molecular complexity index is 796. The minimum atomic E-state index is -0.233. The van der Waals surface area contributed by atoms with Crippen LogP contribution in [0.4, 0.5) is 4.39 Å². The van der Waals surface area contributed by atoms with Crippen LogP contribution in [0.2, 0.25) is 0 Å². The highest BCUT2D eigenvalue weighted by Crippen LogP contribution is 2.39. The number of likely N-dealkylation sites (tertiary alicyclic amines) is 1. The van der Waals surface area contributed by atoms with Gasteiger partial charge in [0.2, 0.25) is 0 Å². The molecule has 1 aromatic heterocycles. The number of rotatable bonds is 6. The van der Waals surface area contributed by atoms with Crippen LogP contribution in [0.1, 0.15) is 28.8 Å². The lowest BCUT2D eigenvalue weighted by atomic mass is 9.86. The summed E-state index contributed by atoms with van der Waals surface area (Å²) < 4.78 is 25.2. The topological polar surface area (TPSA) is 64.6 Å². The molecular weight excluding hydrogens is 349 g/mol. The van der Waals surface area contributed by atoms with E-state index in [4.69, 9.17) is 9.47 Å². The van der Waals surface area contributed by atoms with Gasteiger partial charge >= 0.3 is 0 Å². The maximum atomic E-state index is 13.6. The van der Waals surface area contributed by atoms with Crippen LogP contribution in [-0.2, 0) is 16.1 Å². The van der Waals surface area contributed by atoms with Gasteiger partial charge in [0.25, 0.3) is 5.91 Å². The van der Waals surface area contributed by atoms with Crippen molar-refractivity contribution in [3.63, 3.8) is 0 Å². The van der Waals surface area contributed by atoms with Crippen LogP contribution in [0.5, 0.6) is 0 Å². The molecule has 7 heteroatoms. The first kappa shape index (κ1) is 18.0. The van der Waals surface area contributed by atoms with Crippen LogP contribution in [-0.4, -0.2) is 52.7 Å². The lowest BCUT2D eigenvalue weighted by Crippen LogP contribution is -2.63. The van der Waals surface area contributed by atoms with Crippen molar-refractivity contribution in [3.05, 3.63) is 59.9 Å². The third-order valence-corrected chi connectivity index (χ3v) is 5.22. The molecule has 27 heavy (non-hydrogen) atoms. The second-order valence-corrected chi connectivity index (χ2v) is 7.29. The highest BCUT2D eigenvalue weighted by Gasteiger charge is 2.51. The van der Waals surface area contributed by atoms with E-state index in [0.717, 1.165) is 12.8 Å². The molecule has 2 aliphatic rings. The quantitative estimate of drug-likeness (QED) is 0.730. The number of carbonyl (C=O) groups is 1. The van der Waals surface area contributed by atoms with Crippen molar-refractivity contribution in [1.29, 1.82) is 0 Å². The minimum Gasteiger partial charge on any atom is -0.377 e. The standard InChI is InChI=1S/C20H22FN3O3/c21-18-4-2-1-3-16(18)11-26-6-5-15-7-20(27-10-15)12-24(13-20)19(25)17-8-22-14-23-9-17/h1-4,8-9,14-15H,5-7,10-13H2. The number of aromatic nitrogens is 2. The van der Waals surface area contributed by atoms with Gasteiger partial charge in [-0.15, -0.1) is 0 Å². The van der Waals surface area contributed by atoms with Gasteiger partial charge in [0.05, 0.1) is 31.9 Å². The Morgan fingerprint density at radius 3 is 2.85 bits per heavy atom. The first-order valence-corrected chi connectivity index (χ1v) is 9.15. The highest BCUT2D eigenvalue weighted by atomic mass is 19.1. The van der Waals surface area contributed by atoms with Crippen molar-refractivity contribution in [2.75, 3.05) is 26.3 Å². The molecule has 2 fully saturated rings. The van der Waals surface area contributed by atoms with E-state index in [1.54, 1.807) is 17.0 Å². The Labute approximate surface area is 157 Å². The zero-order valence-corrected chi connectivity index (χ0v) is 15.0. The van der Waals surface area contributed by atoms with Crippen LogP contribution < -0.4 is 0 Å². The van der Waals surface area contributed by atoms with Crippen molar-refractivity contribution in [2.24, 2.45) is 5.92 Å². The predicted molar refractivity (Wildman–Crippen MR) is 95.4 cm³/mol. The zero-order valence-electron chi connectivity index (χ0n) is 15.0. The number of ether oxygens (including phenoxy) is 2. The van der Waals surface area contributed by atoms with E-state index < -0.39 is 0 Å². The fraction of sp³-hybridized carbons (Fsp3) is 0.450. The van der Waals surface area contributed by atoms with Gasteiger partial charge in [-0.3, -0.25) is 4.79 Å². The van der Waals surface area contributed by atoms with E-state index in [2.05, 4.69) is 9.97 Å². The molecule has 2 aromatic rings. The molecule has 2 saturated heterocycles. The van der Waals surface area contributed by atoms with Gasteiger partial charge < -0.3 is 14.4 Å². The summed E-state index contributed by atoms with van der Waals surface area (Å²) in [7, 11) is 0. The summed E-state index contributed by atoms with van der Waals surface area (Å²) in [6.07, 6.45) is 6.27. The molecule has 6 nitrogen and oxygen atoms in total. The van der Waals surface area contributed by atoms with Crippen molar-refractivity contribution >= 4 is 5.91 Å². The molecule has 0 saturated carbocycles. The second-order valence-electron chi connectivity index (χ2n) is 7.29. The summed E-state index contributed by atoms with van der Waals surface area (Å²) in [5, 5.41) is 0. The monoisotopic (exact) mass is 371 g/mol. The largest absolute Gasteiger partial charge is 0.377 e. The van der Waals surface area contributed by atoms with Gasteiger partial charge in [-0.2, -0.15) is 0 Å². The molecule has 0 N–H and O–H groups in total. The van der Waals surface area contributed by atoms with Crippen LogP contribution >= 0.6 is 0 Å². The molecule has 0 radical (unpaired) electrons. The van der Waals surface area contributed by atoms with Gasteiger partial charge in [-0.1, -0.05) is 18.2 Å². The number of hydrogen-bond donors (Lipinski definition) is 0. The number of halogens is 1. The Morgan fingerprint density at radius 2 is 2.07 bits per heavy atom. The van der Waals surface area contributed by atoms with Crippen LogP contribution in [0, 0.1) is 11.7 Å². The van der Waals surface area contributed by atoms with E-state index in [0.29, 0.717) is 43.3 Å². The average Bonchev–Trinajstić information content (AvgIpc) is 3.10. The first-order chi connectivity index (χ1) is 13.2. The van der Waals surface area contributed by atoms with Gasteiger partial charge in [0.1, 0.15) is 17.7 Å².